The van der Waals surface area contributed by atoms with Gasteiger partial charge in [-0.15, -0.1) is 24.8 Å². The third-order valence-electron chi connectivity index (χ3n) is 5.90. The normalized spacial score (nSPS) is 19.0. The van der Waals surface area contributed by atoms with E-state index in [-0.39, 0.29) is 36.5 Å². The molecule has 0 spiro atoms. The Balaban J connectivity index is 0.00000150. The van der Waals surface area contributed by atoms with Crippen LogP contribution in [-0.4, -0.2) is 43.2 Å². The maximum Gasteiger partial charge on any atom is 0.126 e. The van der Waals surface area contributed by atoms with E-state index in [1.807, 2.05) is 6.92 Å². The minimum absolute atomic E-state index is 0. The van der Waals surface area contributed by atoms with Crippen molar-refractivity contribution in [1.82, 2.24) is 10.2 Å². The Bertz CT molecular complexity index is 770. The van der Waals surface area contributed by atoms with Crippen molar-refractivity contribution >= 4 is 24.8 Å². The van der Waals surface area contributed by atoms with E-state index in [4.69, 9.17) is 4.74 Å². The zero-order valence-corrected chi connectivity index (χ0v) is 18.1. The van der Waals surface area contributed by atoms with Gasteiger partial charge < -0.3 is 10.1 Å². The molecule has 0 saturated carbocycles. The van der Waals surface area contributed by atoms with E-state index in [1.54, 1.807) is 0 Å². The molecule has 29 heavy (non-hydrogen) atoms. The van der Waals surface area contributed by atoms with Crippen molar-refractivity contribution in [3.05, 3.63) is 70.8 Å². The molecular formula is C22H28Cl2F2N2O. The number of hydrogen-bond acceptors (Lipinski definition) is 3. The number of piperazine rings is 1. The predicted octanol–water partition coefficient (Wildman–Crippen LogP) is 4.33. The first kappa shape index (κ1) is 24.0. The number of benzene rings is 2. The molecule has 1 aliphatic carbocycles. The molecule has 1 heterocycles. The van der Waals surface area contributed by atoms with Crippen LogP contribution in [0.25, 0.3) is 0 Å². The summed E-state index contributed by atoms with van der Waals surface area (Å²) in [7, 11) is 0. The third-order valence-corrected chi connectivity index (χ3v) is 5.90. The van der Waals surface area contributed by atoms with Crippen LogP contribution in [0.3, 0.4) is 0 Å². The van der Waals surface area contributed by atoms with E-state index in [9.17, 15) is 8.78 Å². The van der Waals surface area contributed by atoms with Gasteiger partial charge in [-0.3, -0.25) is 4.90 Å². The summed E-state index contributed by atoms with van der Waals surface area (Å²) in [5.41, 5.74) is 3.21. The molecule has 160 valence electrons. The number of halogens is 4. The number of nitrogens with one attached hydrogen (secondary N) is 1. The average Bonchev–Trinajstić information content (AvgIpc) is 3.06. The molecule has 1 fully saturated rings. The standard InChI is InChI=1S/C22H26F2N2O.2ClH/c1-16(19-10-20(23)12-21(24)11-19)27-15-22(26-8-6-25-7-9-26)13-17-4-2-3-5-18(17)14-22;;/h2-5,10-12,16,25H,6-9,13-15H2,1H3;2*1H. The zero-order chi connectivity index (χ0) is 18.9. The van der Waals surface area contributed by atoms with Gasteiger partial charge in [0.05, 0.1) is 18.2 Å². The van der Waals surface area contributed by atoms with Crippen LogP contribution in [0.15, 0.2) is 42.5 Å². The molecule has 1 atom stereocenters. The molecule has 4 rings (SSSR count). The molecule has 0 amide bonds. The second kappa shape index (κ2) is 10.2. The predicted molar refractivity (Wildman–Crippen MR) is 116 cm³/mol. The van der Waals surface area contributed by atoms with E-state index in [2.05, 4.69) is 34.5 Å². The van der Waals surface area contributed by atoms with Crippen molar-refractivity contribution in [3.63, 3.8) is 0 Å². The summed E-state index contributed by atoms with van der Waals surface area (Å²) < 4.78 is 33.3. The first-order valence-corrected chi connectivity index (χ1v) is 9.66. The average molecular weight is 445 g/mol. The molecular weight excluding hydrogens is 417 g/mol. The van der Waals surface area contributed by atoms with Crippen molar-refractivity contribution in [1.29, 1.82) is 0 Å². The topological polar surface area (TPSA) is 24.5 Å². The lowest BCUT2D eigenvalue weighted by Gasteiger charge is -2.44. The first-order valence-electron chi connectivity index (χ1n) is 9.66. The smallest absolute Gasteiger partial charge is 0.126 e. The lowest BCUT2D eigenvalue weighted by molar-refractivity contribution is -0.0380. The van der Waals surface area contributed by atoms with Crippen LogP contribution in [0.4, 0.5) is 8.78 Å². The van der Waals surface area contributed by atoms with E-state index < -0.39 is 11.6 Å². The van der Waals surface area contributed by atoms with Gasteiger partial charge in [0.25, 0.3) is 0 Å². The Kier molecular flexibility index (Phi) is 8.44. The summed E-state index contributed by atoms with van der Waals surface area (Å²) in [6.07, 6.45) is 1.54. The molecule has 3 nitrogen and oxygen atoms in total. The van der Waals surface area contributed by atoms with Gasteiger partial charge in [0.1, 0.15) is 11.6 Å². The van der Waals surface area contributed by atoms with Crippen molar-refractivity contribution in [3.8, 4) is 0 Å². The van der Waals surface area contributed by atoms with Gasteiger partial charge in [0, 0.05) is 32.2 Å². The number of hydrogen-bond donors (Lipinski definition) is 1. The van der Waals surface area contributed by atoms with Crippen LogP contribution < -0.4 is 5.32 Å². The van der Waals surface area contributed by atoms with Crippen molar-refractivity contribution in [2.45, 2.75) is 31.4 Å². The highest BCUT2D eigenvalue weighted by molar-refractivity contribution is 5.85. The fourth-order valence-corrected chi connectivity index (χ4v) is 4.42. The van der Waals surface area contributed by atoms with Gasteiger partial charge in [0.15, 0.2) is 0 Å². The molecule has 1 unspecified atom stereocenters. The van der Waals surface area contributed by atoms with Crippen LogP contribution >= 0.6 is 24.8 Å². The minimum Gasteiger partial charge on any atom is -0.372 e. The maximum atomic E-state index is 13.6. The summed E-state index contributed by atoms with van der Waals surface area (Å²) in [5.74, 6) is -1.13. The highest BCUT2D eigenvalue weighted by Gasteiger charge is 2.43. The quantitative estimate of drug-likeness (QED) is 0.742. The number of ether oxygens (including phenoxy) is 1. The van der Waals surface area contributed by atoms with Gasteiger partial charge in [-0.05, 0) is 48.6 Å². The Hall–Kier alpha value is -1.24. The third kappa shape index (κ3) is 5.28. The fraction of sp³-hybridized carbons (Fsp3) is 0.455. The monoisotopic (exact) mass is 444 g/mol. The summed E-state index contributed by atoms with van der Waals surface area (Å²) >= 11 is 0. The van der Waals surface area contributed by atoms with E-state index in [1.165, 1.54) is 23.3 Å². The molecule has 0 bridgehead atoms. The van der Waals surface area contributed by atoms with Crippen LogP contribution in [0, 0.1) is 11.6 Å². The number of rotatable bonds is 5. The highest BCUT2D eigenvalue weighted by Crippen LogP contribution is 2.36. The van der Waals surface area contributed by atoms with Crippen LogP contribution in [0.2, 0.25) is 0 Å². The highest BCUT2D eigenvalue weighted by atomic mass is 35.5. The van der Waals surface area contributed by atoms with Gasteiger partial charge in [-0.2, -0.15) is 0 Å². The Morgan fingerprint density at radius 2 is 1.55 bits per heavy atom. The maximum absolute atomic E-state index is 13.6. The Labute approximate surface area is 183 Å². The Morgan fingerprint density at radius 3 is 2.10 bits per heavy atom. The molecule has 1 N–H and O–H groups in total. The SMILES string of the molecule is CC(OCC1(N2CCNCC2)Cc2ccccc2C1)c1cc(F)cc(F)c1.Cl.Cl. The molecule has 0 radical (unpaired) electrons. The van der Waals surface area contributed by atoms with Crippen LogP contribution in [-0.2, 0) is 17.6 Å². The zero-order valence-electron chi connectivity index (χ0n) is 16.5. The largest absolute Gasteiger partial charge is 0.372 e. The van der Waals surface area contributed by atoms with Crippen molar-refractivity contribution in [2.24, 2.45) is 0 Å². The molecule has 7 heteroatoms. The van der Waals surface area contributed by atoms with Gasteiger partial charge in [-0.1, -0.05) is 24.3 Å². The van der Waals surface area contributed by atoms with E-state index in [0.717, 1.165) is 45.1 Å². The minimum atomic E-state index is -0.564. The molecule has 2 aromatic carbocycles. The number of fused-ring (bicyclic) bond motifs is 1. The summed E-state index contributed by atoms with van der Waals surface area (Å²) in [6.45, 7) is 6.33. The first-order chi connectivity index (χ1) is 13.1. The van der Waals surface area contributed by atoms with Gasteiger partial charge >= 0.3 is 0 Å². The summed E-state index contributed by atoms with van der Waals surface area (Å²) in [4.78, 5) is 2.53. The van der Waals surface area contributed by atoms with Crippen molar-refractivity contribution in [2.75, 3.05) is 32.8 Å². The van der Waals surface area contributed by atoms with Gasteiger partial charge in [0.2, 0.25) is 0 Å². The van der Waals surface area contributed by atoms with E-state index in [0.29, 0.717) is 12.2 Å². The van der Waals surface area contributed by atoms with Crippen molar-refractivity contribution < 1.29 is 13.5 Å². The molecule has 1 aliphatic heterocycles. The second-order valence-corrected chi connectivity index (χ2v) is 7.74. The molecule has 2 aromatic rings. The van der Waals surface area contributed by atoms with Crippen LogP contribution in [0.1, 0.15) is 29.7 Å². The summed E-state index contributed by atoms with van der Waals surface area (Å²) in [6, 6.07) is 12.2. The van der Waals surface area contributed by atoms with Gasteiger partial charge in [-0.25, -0.2) is 8.78 Å². The lowest BCUT2D eigenvalue weighted by atomic mass is 9.93. The van der Waals surface area contributed by atoms with Crippen LogP contribution in [0.5, 0.6) is 0 Å². The summed E-state index contributed by atoms with van der Waals surface area (Å²) in [5, 5.41) is 3.41. The second-order valence-electron chi connectivity index (χ2n) is 7.74. The molecule has 2 aliphatic rings. The van der Waals surface area contributed by atoms with E-state index >= 15 is 0 Å². The lowest BCUT2D eigenvalue weighted by Crippen LogP contribution is -2.59. The molecule has 0 aromatic heterocycles. The fourth-order valence-electron chi connectivity index (χ4n) is 4.42. The Morgan fingerprint density at radius 1 is 1.00 bits per heavy atom. The molecule has 1 saturated heterocycles. The number of nitrogens with zero attached hydrogens (tertiary/aromatic N) is 1.